The molecule has 3 N–H and O–H groups in total. The highest BCUT2D eigenvalue weighted by atomic mass is 79.9. The molecule has 0 saturated heterocycles. The Morgan fingerprint density at radius 3 is 2.33 bits per heavy atom. The van der Waals surface area contributed by atoms with Crippen LogP contribution in [0, 0.1) is 0 Å². The maximum Gasteiger partial charge on any atom is 0.335 e. The Balaban J connectivity index is 2.41. The fourth-order valence-electron chi connectivity index (χ4n) is 1.19. The van der Waals surface area contributed by atoms with Crippen molar-refractivity contribution in [2.75, 3.05) is 6.54 Å². The lowest BCUT2D eigenvalue weighted by atomic mass is 10.1. The lowest BCUT2D eigenvalue weighted by molar-refractivity contribution is 0.0697. The van der Waals surface area contributed by atoms with Gasteiger partial charge in [-0.3, -0.25) is 0 Å². The van der Waals surface area contributed by atoms with Crippen molar-refractivity contribution in [3.8, 4) is 0 Å². The summed E-state index contributed by atoms with van der Waals surface area (Å²) < 4.78 is 0.684. The van der Waals surface area contributed by atoms with E-state index < -0.39 is 5.97 Å². The van der Waals surface area contributed by atoms with E-state index in [1.165, 1.54) is 12.1 Å². The largest absolute Gasteiger partial charge is 0.478 e. The van der Waals surface area contributed by atoms with Crippen LogP contribution in [0.15, 0.2) is 35.3 Å². The second kappa shape index (κ2) is 6.80. The van der Waals surface area contributed by atoms with E-state index in [-0.39, 0.29) is 11.6 Å². The van der Waals surface area contributed by atoms with Crippen molar-refractivity contribution in [1.82, 2.24) is 10.6 Å². The van der Waals surface area contributed by atoms with Crippen molar-refractivity contribution in [3.63, 3.8) is 0 Å². The first-order chi connectivity index (χ1) is 8.49. The summed E-state index contributed by atoms with van der Waals surface area (Å²) in [5, 5.41) is 14.0. The predicted molar refractivity (Wildman–Crippen MR) is 71.7 cm³/mol. The van der Waals surface area contributed by atoms with E-state index in [2.05, 4.69) is 33.1 Å². The molecule has 2 amide bonds. The molecule has 18 heavy (non-hydrogen) atoms. The highest BCUT2D eigenvalue weighted by Gasteiger charge is 2.03. The lowest BCUT2D eigenvalue weighted by Crippen LogP contribution is -2.35. The van der Waals surface area contributed by atoms with Gasteiger partial charge in [-0.15, -0.1) is 0 Å². The van der Waals surface area contributed by atoms with Crippen molar-refractivity contribution < 1.29 is 14.7 Å². The number of benzene rings is 1. The smallest absolute Gasteiger partial charge is 0.335 e. The molecule has 1 rings (SSSR count). The van der Waals surface area contributed by atoms with Gasteiger partial charge in [-0.2, -0.15) is 0 Å². The zero-order valence-corrected chi connectivity index (χ0v) is 11.2. The number of carboxylic acid groups (broad SMARTS) is 1. The second-order valence-electron chi connectivity index (χ2n) is 3.56. The van der Waals surface area contributed by atoms with Gasteiger partial charge in [-0.25, -0.2) is 9.59 Å². The van der Waals surface area contributed by atoms with Crippen LogP contribution in [0.25, 0.3) is 0 Å². The zero-order chi connectivity index (χ0) is 13.5. The van der Waals surface area contributed by atoms with E-state index in [0.29, 0.717) is 17.6 Å². The van der Waals surface area contributed by atoms with Crippen molar-refractivity contribution in [2.45, 2.75) is 6.54 Å². The molecular weight excluding hydrogens is 300 g/mol. The number of hydrogen-bond donors (Lipinski definition) is 3. The molecule has 0 unspecified atom stereocenters. The van der Waals surface area contributed by atoms with E-state index in [4.69, 9.17) is 5.11 Å². The Morgan fingerprint density at radius 2 is 1.83 bits per heavy atom. The lowest BCUT2D eigenvalue weighted by Gasteiger charge is -2.07. The zero-order valence-electron chi connectivity index (χ0n) is 9.57. The van der Waals surface area contributed by atoms with Crippen LogP contribution < -0.4 is 10.6 Å². The molecule has 5 nitrogen and oxygen atoms in total. The van der Waals surface area contributed by atoms with Gasteiger partial charge in [0.05, 0.1) is 12.1 Å². The van der Waals surface area contributed by atoms with Crippen LogP contribution >= 0.6 is 15.9 Å². The highest BCUT2D eigenvalue weighted by Crippen LogP contribution is 2.04. The minimum Gasteiger partial charge on any atom is -0.478 e. The van der Waals surface area contributed by atoms with E-state index in [1.54, 1.807) is 12.1 Å². The number of nitrogens with one attached hydrogen (secondary N) is 2. The van der Waals surface area contributed by atoms with Crippen molar-refractivity contribution in [2.24, 2.45) is 0 Å². The minimum atomic E-state index is -0.969. The number of halogens is 1. The summed E-state index contributed by atoms with van der Waals surface area (Å²) in [4.78, 5) is 22.0. The molecule has 0 heterocycles. The Morgan fingerprint density at radius 1 is 1.22 bits per heavy atom. The number of aromatic carboxylic acids is 1. The monoisotopic (exact) mass is 312 g/mol. The Bertz CT molecular complexity index is 457. The number of carboxylic acids is 1. The molecule has 1 aromatic rings. The molecular formula is C12H13BrN2O3. The van der Waals surface area contributed by atoms with Gasteiger partial charge in [-0.1, -0.05) is 34.6 Å². The van der Waals surface area contributed by atoms with E-state index in [1.807, 2.05) is 0 Å². The molecule has 6 heteroatoms. The molecule has 0 spiro atoms. The molecule has 0 atom stereocenters. The summed E-state index contributed by atoms with van der Waals surface area (Å²) in [7, 11) is 0. The van der Waals surface area contributed by atoms with Crippen LogP contribution in [-0.2, 0) is 6.54 Å². The molecule has 1 aromatic carbocycles. The molecule has 0 saturated carbocycles. The maximum atomic E-state index is 11.3. The van der Waals surface area contributed by atoms with Crippen LogP contribution in [0.3, 0.4) is 0 Å². The fourth-order valence-corrected chi connectivity index (χ4v) is 1.33. The number of carbonyl (C=O) groups excluding carboxylic acids is 1. The Kier molecular flexibility index (Phi) is 5.38. The van der Waals surface area contributed by atoms with E-state index in [9.17, 15) is 9.59 Å². The quantitative estimate of drug-likeness (QED) is 0.779. The molecule has 0 fully saturated rings. The van der Waals surface area contributed by atoms with Gasteiger partial charge in [0.15, 0.2) is 0 Å². The third-order valence-corrected chi connectivity index (χ3v) is 2.38. The van der Waals surface area contributed by atoms with Gasteiger partial charge >= 0.3 is 12.0 Å². The number of carbonyl (C=O) groups is 2. The van der Waals surface area contributed by atoms with E-state index >= 15 is 0 Å². The molecule has 0 radical (unpaired) electrons. The van der Waals surface area contributed by atoms with Gasteiger partial charge in [-0.05, 0) is 17.7 Å². The average Bonchev–Trinajstić information content (AvgIpc) is 2.34. The summed E-state index contributed by atoms with van der Waals surface area (Å²) in [5.74, 6) is -0.969. The summed E-state index contributed by atoms with van der Waals surface area (Å²) >= 11 is 3.13. The Hall–Kier alpha value is -1.82. The predicted octanol–water partition coefficient (Wildman–Crippen LogP) is 2.09. The molecule has 96 valence electrons. The maximum absolute atomic E-state index is 11.3. The normalized spacial score (nSPS) is 9.61. The van der Waals surface area contributed by atoms with Crippen LogP contribution in [0.4, 0.5) is 4.79 Å². The number of urea groups is 1. The highest BCUT2D eigenvalue weighted by molar-refractivity contribution is 9.11. The summed E-state index contributed by atoms with van der Waals surface area (Å²) in [6, 6.07) is 6.01. The summed E-state index contributed by atoms with van der Waals surface area (Å²) in [6.07, 6.45) is 0. The molecule has 0 bridgehead atoms. The standard InChI is InChI=1S/C12H13BrN2O3/c1-8(13)6-14-12(18)15-7-9-2-4-10(5-3-9)11(16)17/h2-5H,1,6-7H2,(H,16,17)(H2,14,15,18). The fraction of sp³-hybridized carbons (Fsp3) is 0.167. The van der Waals surface area contributed by atoms with Crippen LogP contribution in [-0.4, -0.2) is 23.7 Å². The third-order valence-electron chi connectivity index (χ3n) is 2.09. The van der Waals surface area contributed by atoms with Gasteiger partial charge in [0.2, 0.25) is 0 Å². The van der Waals surface area contributed by atoms with Gasteiger partial charge in [0.1, 0.15) is 0 Å². The van der Waals surface area contributed by atoms with Crippen molar-refractivity contribution in [3.05, 3.63) is 46.5 Å². The molecule has 0 aromatic heterocycles. The van der Waals surface area contributed by atoms with Crippen molar-refractivity contribution in [1.29, 1.82) is 0 Å². The van der Waals surface area contributed by atoms with Crippen LogP contribution in [0.5, 0.6) is 0 Å². The minimum absolute atomic E-state index is 0.221. The number of rotatable bonds is 5. The first-order valence-electron chi connectivity index (χ1n) is 5.16. The van der Waals surface area contributed by atoms with Gasteiger partial charge in [0.25, 0.3) is 0 Å². The van der Waals surface area contributed by atoms with E-state index in [0.717, 1.165) is 5.56 Å². The Labute approximate surface area is 113 Å². The second-order valence-corrected chi connectivity index (χ2v) is 4.68. The topological polar surface area (TPSA) is 78.4 Å². The SMILES string of the molecule is C=C(Br)CNC(=O)NCc1ccc(C(=O)O)cc1. The summed E-state index contributed by atoms with van der Waals surface area (Å²) in [5.41, 5.74) is 1.05. The van der Waals surface area contributed by atoms with Gasteiger partial charge in [0, 0.05) is 11.0 Å². The molecule has 0 aliphatic heterocycles. The number of hydrogen-bond acceptors (Lipinski definition) is 2. The summed E-state index contributed by atoms with van der Waals surface area (Å²) in [6.45, 7) is 4.27. The molecule has 0 aliphatic carbocycles. The number of amides is 2. The third kappa shape index (κ3) is 5.01. The van der Waals surface area contributed by atoms with Crippen LogP contribution in [0.2, 0.25) is 0 Å². The van der Waals surface area contributed by atoms with Gasteiger partial charge < -0.3 is 15.7 Å². The first-order valence-corrected chi connectivity index (χ1v) is 5.95. The first kappa shape index (κ1) is 14.2. The molecule has 0 aliphatic rings. The van der Waals surface area contributed by atoms with Crippen molar-refractivity contribution >= 4 is 27.9 Å². The average molecular weight is 313 g/mol. The van der Waals surface area contributed by atoms with Crippen LogP contribution in [0.1, 0.15) is 15.9 Å².